The largest absolute Gasteiger partial charge is 0.465 e. The number of hydrogen-bond donors (Lipinski definition) is 1. The second kappa shape index (κ2) is 7.49. The molecule has 2 aromatic heterocycles. The lowest BCUT2D eigenvalue weighted by atomic mass is 10.0. The van der Waals surface area contributed by atoms with Crippen molar-refractivity contribution in [3.8, 4) is 11.1 Å². The first-order valence-electron chi connectivity index (χ1n) is 8.01. The minimum atomic E-state index is -0.477. The van der Waals surface area contributed by atoms with Crippen molar-refractivity contribution in [1.82, 2.24) is 4.98 Å². The SMILES string of the molecule is COC(=O)c1c(NC(=O)c2ccncc2)sc(C)c1-c1ccc(C)cc1. The van der Waals surface area contributed by atoms with Gasteiger partial charge in [0.25, 0.3) is 5.91 Å². The fraction of sp³-hybridized carbons (Fsp3) is 0.150. The molecule has 0 aliphatic heterocycles. The number of amides is 1. The number of nitrogens with zero attached hydrogens (tertiary/aromatic N) is 1. The molecule has 0 aliphatic carbocycles. The second-order valence-electron chi connectivity index (χ2n) is 5.78. The summed E-state index contributed by atoms with van der Waals surface area (Å²) in [5.41, 5.74) is 3.67. The van der Waals surface area contributed by atoms with Crippen LogP contribution < -0.4 is 5.32 Å². The van der Waals surface area contributed by atoms with Crippen molar-refractivity contribution in [2.24, 2.45) is 0 Å². The number of hydrogen-bond acceptors (Lipinski definition) is 5. The normalized spacial score (nSPS) is 10.4. The highest BCUT2D eigenvalue weighted by atomic mass is 32.1. The summed E-state index contributed by atoms with van der Waals surface area (Å²) >= 11 is 1.36. The number of nitrogens with one attached hydrogen (secondary N) is 1. The predicted molar refractivity (Wildman–Crippen MR) is 103 cm³/mol. The molecule has 1 aromatic carbocycles. The van der Waals surface area contributed by atoms with E-state index in [1.54, 1.807) is 24.5 Å². The highest BCUT2D eigenvalue weighted by molar-refractivity contribution is 7.17. The molecule has 0 aliphatic rings. The van der Waals surface area contributed by atoms with Gasteiger partial charge in [-0.15, -0.1) is 11.3 Å². The summed E-state index contributed by atoms with van der Waals surface area (Å²) in [6.45, 7) is 3.93. The molecule has 2 heterocycles. The van der Waals surface area contributed by atoms with Crippen LogP contribution in [0.15, 0.2) is 48.8 Å². The van der Waals surface area contributed by atoms with E-state index in [1.165, 1.54) is 18.4 Å². The van der Waals surface area contributed by atoms with E-state index in [4.69, 9.17) is 4.74 Å². The maximum absolute atomic E-state index is 12.5. The van der Waals surface area contributed by atoms with Crippen LogP contribution in [0.1, 0.15) is 31.2 Å². The van der Waals surface area contributed by atoms with Crippen LogP contribution in [-0.2, 0) is 4.74 Å². The maximum Gasteiger partial charge on any atom is 0.341 e. The van der Waals surface area contributed by atoms with Gasteiger partial charge in [-0.1, -0.05) is 29.8 Å². The van der Waals surface area contributed by atoms with E-state index in [0.29, 0.717) is 16.1 Å². The topological polar surface area (TPSA) is 68.3 Å². The Hall–Kier alpha value is -2.99. The van der Waals surface area contributed by atoms with Crippen molar-refractivity contribution in [3.63, 3.8) is 0 Å². The lowest BCUT2D eigenvalue weighted by molar-refractivity contribution is 0.0603. The average Bonchev–Trinajstić information content (AvgIpc) is 2.98. The number of esters is 1. The van der Waals surface area contributed by atoms with Gasteiger partial charge in [0, 0.05) is 28.4 Å². The molecule has 3 aromatic rings. The molecule has 0 atom stereocenters. The van der Waals surface area contributed by atoms with E-state index < -0.39 is 5.97 Å². The first-order chi connectivity index (χ1) is 12.5. The summed E-state index contributed by atoms with van der Waals surface area (Å²) < 4.78 is 4.97. The maximum atomic E-state index is 12.5. The van der Waals surface area contributed by atoms with Crippen LogP contribution in [0.5, 0.6) is 0 Å². The quantitative estimate of drug-likeness (QED) is 0.692. The number of aromatic nitrogens is 1. The van der Waals surface area contributed by atoms with Gasteiger partial charge in [-0.25, -0.2) is 4.79 Å². The van der Waals surface area contributed by atoms with Gasteiger partial charge in [0.15, 0.2) is 0 Å². The van der Waals surface area contributed by atoms with Crippen LogP contribution >= 0.6 is 11.3 Å². The Bertz CT molecular complexity index is 947. The minimum Gasteiger partial charge on any atom is -0.465 e. The molecule has 1 amide bonds. The molecule has 132 valence electrons. The Morgan fingerprint density at radius 2 is 1.69 bits per heavy atom. The van der Waals surface area contributed by atoms with Gasteiger partial charge >= 0.3 is 5.97 Å². The number of thiophene rings is 1. The summed E-state index contributed by atoms with van der Waals surface area (Å²) in [7, 11) is 1.34. The zero-order chi connectivity index (χ0) is 18.7. The van der Waals surface area contributed by atoms with Gasteiger partial charge in [-0.05, 0) is 31.5 Å². The average molecular weight is 366 g/mol. The molecular weight excluding hydrogens is 348 g/mol. The third kappa shape index (κ3) is 3.50. The molecule has 3 rings (SSSR count). The molecule has 0 saturated heterocycles. The first kappa shape index (κ1) is 17.8. The molecule has 0 radical (unpaired) electrons. The molecule has 26 heavy (non-hydrogen) atoms. The van der Waals surface area contributed by atoms with Crippen LogP contribution in [0.2, 0.25) is 0 Å². The molecule has 0 bridgehead atoms. The van der Waals surface area contributed by atoms with E-state index in [9.17, 15) is 9.59 Å². The highest BCUT2D eigenvalue weighted by Crippen LogP contribution is 2.40. The summed E-state index contributed by atoms with van der Waals surface area (Å²) in [5.74, 6) is -0.774. The first-order valence-corrected chi connectivity index (χ1v) is 8.83. The van der Waals surface area contributed by atoms with Crippen molar-refractivity contribution in [3.05, 3.63) is 70.4 Å². The Morgan fingerprint density at radius 1 is 1.04 bits per heavy atom. The monoisotopic (exact) mass is 366 g/mol. The molecule has 1 N–H and O–H groups in total. The molecule has 0 spiro atoms. The number of rotatable bonds is 4. The Balaban J connectivity index is 2.06. The smallest absolute Gasteiger partial charge is 0.341 e. The van der Waals surface area contributed by atoms with Crippen LogP contribution in [0.25, 0.3) is 11.1 Å². The second-order valence-corrected chi connectivity index (χ2v) is 7.01. The number of methoxy groups -OCH3 is 1. The Morgan fingerprint density at radius 3 is 2.31 bits per heavy atom. The summed E-state index contributed by atoms with van der Waals surface area (Å²) in [6.07, 6.45) is 3.10. The summed E-state index contributed by atoms with van der Waals surface area (Å²) in [5, 5.41) is 3.31. The van der Waals surface area contributed by atoms with Crippen molar-refractivity contribution in [2.45, 2.75) is 13.8 Å². The van der Waals surface area contributed by atoms with Gasteiger partial charge in [-0.3, -0.25) is 9.78 Å². The predicted octanol–water partition coefficient (Wildman–Crippen LogP) is 4.47. The van der Waals surface area contributed by atoms with Crippen LogP contribution in [0, 0.1) is 13.8 Å². The van der Waals surface area contributed by atoms with Crippen molar-refractivity contribution < 1.29 is 14.3 Å². The van der Waals surface area contributed by atoms with Crippen molar-refractivity contribution >= 4 is 28.2 Å². The number of carbonyl (C=O) groups is 2. The lowest BCUT2D eigenvalue weighted by Crippen LogP contribution is -2.14. The van der Waals surface area contributed by atoms with Crippen molar-refractivity contribution in [1.29, 1.82) is 0 Å². The summed E-state index contributed by atoms with van der Waals surface area (Å²) in [4.78, 5) is 29.8. The standard InChI is InChI=1S/C20H18N2O3S/c1-12-4-6-14(7-5-12)16-13(2)26-19(17(16)20(24)25-3)22-18(23)15-8-10-21-11-9-15/h4-11H,1-3H3,(H,22,23). The van der Waals surface area contributed by atoms with Crippen LogP contribution in [0.3, 0.4) is 0 Å². The third-order valence-electron chi connectivity index (χ3n) is 3.98. The van der Waals surface area contributed by atoms with Gasteiger partial charge < -0.3 is 10.1 Å². The van der Waals surface area contributed by atoms with Crippen molar-refractivity contribution in [2.75, 3.05) is 12.4 Å². The lowest BCUT2D eigenvalue weighted by Gasteiger charge is -2.08. The minimum absolute atomic E-state index is 0.297. The third-order valence-corrected chi connectivity index (χ3v) is 5.00. The Kier molecular flexibility index (Phi) is 5.14. The van der Waals surface area contributed by atoms with E-state index in [2.05, 4.69) is 10.3 Å². The van der Waals surface area contributed by atoms with E-state index >= 15 is 0 Å². The van der Waals surface area contributed by atoms with E-state index in [1.807, 2.05) is 38.1 Å². The molecule has 5 nitrogen and oxygen atoms in total. The number of anilines is 1. The number of carbonyl (C=O) groups excluding carboxylic acids is 2. The van der Waals surface area contributed by atoms with E-state index in [-0.39, 0.29) is 5.91 Å². The molecule has 0 fully saturated rings. The molecule has 6 heteroatoms. The van der Waals surface area contributed by atoms with E-state index in [0.717, 1.165) is 21.6 Å². The zero-order valence-corrected chi connectivity index (χ0v) is 15.5. The van der Waals surface area contributed by atoms with Gasteiger partial charge in [0.1, 0.15) is 10.6 Å². The van der Waals surface area contributed by atoms with Gasteiger partial charge in [0.2, 0.25) is 0 Å². The van der Waals surface area contributed by atoms with Gasteiger partial charge in [-0.2, -0.15) is 0 Å². The number of pyridine rings is 1. The number of aryl methyl sites for hydroxylation is 2. The highest BCUT2D eigenvalue weighted by Gasteiger charge is 2.25. The molecule has 0 saturated carbocycles. The van der Waals surface area contributed by atoms with Crippen LogP contribution in [0.4, 0.5) is 5.00 Å². The fourth-order valence-electron chi connectivity index (χ4n) is 2.68. The number of benzene rings is 1. The van der Waals surface area contributed by atoms with Crippen LogP contribution in [-0.4, -0.2) is 24.0 Å². The Labute approximate surface area is 155 Å². The number of ether oxygens (including phenoxy) is 1. The summed E-state index contributed by atoms with van der Waals surface area (Å²) in [6, 6.07) is 11.1. The zero-order valence-electron chi connectivity index (χ0n) is 14.7. The molecule has 0 unspecified atom stereocenters. The van der Waals surface area contributed by atoms with Gasteiger partial charge in [0.05, 0.1) is 7.11 Å². The molecular formula is C20H18N2O3S. The fourth-order valence-corrected chi connectivity index (χ4v) is 3.74.